The molecule has 0 aromatic heterocycles. The van der Waals surface area contributed by atoms with Gasteiger partial charge in [-0.25, -0.2) is 4.79 Å². The van der Waals surface area contributed by atoms with E-state index in [0.717, 1.165) is 16.5 Å². The zero-order valence-electron chi connectivity index (χ0n) is 10.7. The molecule has 2 nitrogen and oxygen atoms in total. The zero-order chi connectivity index (χ0) is 13.0. The fraction of sp³-hybridized carbons (Fsp3) is 0.133. The van der Waals surface area contributed by atoms with E-state index in [1.165, 1.54) is 12.7 Å². The molecule has 2 aromatic rings. The predicted molar refractivity (Wildman–Crippen MR) is 75.8 cm³/mol. The molecule has 0 spiro atoms. The molecular formula is C15H13BrO2Zn+2. The summed E-state index contributed by atoms with van der Waals surface area (Å²) in [6, 6.07) is 15.6. The molecule has 0 fully saturated rings. The number of carbonyl (C=O) groups is 1. The minimum absolute atomic E-state index is 0. The summed E-state index contributed by atoms with van der Waals surface area (Å²) >= 11 is 3.41. The van der Waals surface area contributed by atoms with Gasteiger partial charge in [-0.3, -0.25) is 0 Å². The fourth-order valence-corrected chi connectivity index (χ4v) is 2.17. The number of hydrogen-bond donors (Lipinski definition) is 0. The van der Waals surface area contributed by atoms with Gasteiger partial charge in [0.1, 0.15) is 0 Å². The molecule has 0 bridgehead atoms. The van der Waals surface area contributed by atoms with E-state index >= 15 is 0 Å². The van der Waals surface area contributed by atoms with Gasteiger partial charge in [0.25, 0.3) is 0 Å². The largest absolute Gasteiger partial charge is 2.00 e. The van der Waals surface area contributed by atoms with Crippen LogP contribution in [0.15, 0.2) is 48.5 Å². The maximum absolute atomic E-state index is 11.7. The number of esters is 1. The van der Waals surface area contributed by atoms with E-state index in [1.54, 1.807) is 6.07 Å². The fourth-order valence-electron chi connectivity index (χ4n) is 1.80. The molecule has 92 valence electrons. The molecule has 0 aliphatic heterocycles. The van der Waals surface area contributed by atoms with E-state index < -0.39 is 0 Å². The number of ether oxygens (including phenoxy) is 1. The van der Waals surface area contributed by atoms with Crippen LogP contribution >= 0.6 is 15.9 Å². The van der Waals surface area contributed by atoms with Crippen LogP contribution in [0.2, 0.25) is 0 Å². The Hall–Kier alpha value is -0.987. The van der Waals surface area contributed by atoms with Crippen LogP contribution in [0, 0.1) is 0 Å². The van der Waals surface area contributed by atoms with E-state index in [4.69, 9.17) is 4.74 Å². The minimum atomic E-state index is -0.310. The second-order valence-electron chi connectivity index (χ2n) is 3.87. The van der Waals surface area contributed by atoms with Gasteiger partial charge in [-0.1, -0.05) is 58.4 Å². The van der Waals surface area contributed by atoms with Crippen LogP contribution < -0.4 is 0 Å². The summed E-state index contributed by atoms with van der Waals surface area (Å²) in [5.41, 5.74) is 3.70. The van der Waals surface area contributed by atoms with Gasteiger partial charge in [-0.2, -0.15) is 0 Å². The quantitative estimate of drug-likeness (QED) is 0.463. The third-order valence-electron chi connectivity index (χ3n) is 2.75. The molecule has 0 heterocycles. The van der Waals surface area contributed by atoms with Crippen molar-refractivity contribution in [1.29, 1.82) is 0 Å². The average Bonchev–Trinajstić information content (AvgIpc) is 2.46. The van der Waals surface area contributed by atoms with Crippen molar-refractivity contribution in [2.24, 2.45) is 0 Å². The van der Waals surface area contributed by atoms with Gasteiger partial charge in [0, 0.05) is 5.33 Å². The Morgan fingerprint density at radius 2 is 1.74 bits per heavy atom. The Kier molecular flexibility index (Phi) is 6.40. The van der Waals surface area contributed by atoms with Gasteiger partial charge in [-0.15, -0.1) is 0 Å². The van der Waals surface area contributed by atoms with Crippen molar-refractivity contribution in [3.05, 3.63) is 59.7 Å². The summed E-state index contributed by atoms with van der Waals surface area (Å²) in [5, 5.41) is 0.825. The van der Waals surface area contributed by atoms with Crippen molar-refractivity contribution in [1.82, 2.24) is 0 Å². The Morgan fingerprint density at radius 3 is 2.32 bits per heavy atom. The third-order valence-corrected chi connectivity index (χ3v) is 3.40. The van der Waals surface area contributed by atoms with Crippen molar-refractivity contribution in [3.63, 3.8) is 0 Å². The molecule has 2 aromatic carbocycles. The molecule has 0 atom stereocenters. The molecule has 0 N–H and O–H groups in total. The van der Waals surface area contributed by atoms with Crippen LogP contribution in [0.3, 0.4) is 0 Å². The van der Waals surface area contributed by atoms with Gasteiger partial charge >= 0.3 is 25.4 Å². The van der Waals surface area contributed by atoms with Crippen molar-refractivity contribution in [3.8, 4) is 11.1 Å². The first-order valence-electron chi connectivity index (χ1n) is 5.59. The van der Waals surface area contributed by atoms with Crippen LogP contribution in [-0.4, -0.2) is 13.1 Å². The molecule has 0 unspecified atom stereocenters. The monoisotopic (exact) mass is 368 g/mol. The van der Waals surface area contributed by atoms with Crippen LogP contribution in [0.4, 0.5) is 0 Å². The normalized spacial score (nSPS) is 9.58. The van der Waals surface area contributed by atoms with Crippen molar-refractivity contribution in [2.45, 2.75) is 5.33 Å². The van der Waals surface area contributed by atoms with Gasteiger partial charge < -0.3 is 4.74 Å². The molecule has 4 heteroatoms. The number of methoxy groups -OCH3 is 1. The molecule has 0 saturated heterocycles. The zero-order valence-corrected chi connectivity index (χ0v) is 15.3. The molecule has 2 rings (SSSR count). The number of benzene rings is 2. The predicted octanol–water partition coefficient (Wildman–Crippen LogP) is 4.03. The maximum Gasteiger partial charge on any atom is 2.00 e. The van der Waals surface area contributed by atoms with Crippen LogP contribution in [0.25, 0.3) is 11.1 Å². The first kappa shape index (κ1) is 16.1. The Morgan fingerprint density at radius 1 is 1.11 bits per heavy atom. The summed E-state index contributed by atoms with van der Waals surface area (Å²) in [4.78, 5) is 11.7. The van der Waals surface area contributed by atoms with Crippen molar-refractivity contribution < 1.29 is 29.0 Å². The summed E-state index contributed by atoms with van der Waals surface area (Å²) in [6.45, 7) is 0. The Balaban J connectivity index is 0.00000180. The van der Waals surface area contributed by atoms with E-state index in [9.17, 15) is 4.79 Å². The topological polar surface area (TPSA) is 26.3 Å². The SMILES string of the molecule is COC(=O)c1ccccc1-c1ccc(CBr)cc1.[Zn+2]. The molecule has 0 aliphatic carbocycles. The summed E-state index contributed by atoms with van der Waals surface area (Å²) < 4.78 is 4.80. The summed E-state index contributed by atoms with van der Waals surface area (Å²) in [6.07, 6.45) is 0. The molecule has 0 saturated carbocycles. The van der Waals surface area contributed by atoms with Gasteiger partial charge in [0.2, 0.25) is 0 Å². The van der Waals surface area contributed by atoms with E-state index in [0.29, 0.717) is 5.56 Å². The molecule has 0 radical (unpaired) electrons. The maximum atomic E-state index is 11.7. The number of hydrogen-bond acceptors (Lipinski definition) is 2. The molecule has 0 aliphatic rings. The first-order chi connectivity index (χ1) is 8.76. The Labute approximate surface area is 134 Å². The van der Waals surface area contributed by atoms with Crippen LogP contribution in [0.1, 0.15) is 15.9 Å². The van der Waals surface area contributed by atoms with Crippen molar-refractivity contribution in [2.75, 3.05) is 7.11 Å². The first-order valence-corrected chi connectivity index (χ1v) is 6.71. The van der Waals surface area contributed by atoms with E-state index in [2.05, 4.69) is 15.9 Å². The second-order valence-corrected chi connectivity index (χ2v) is 4.43. The minimum Gasteiger partial charge on any atom is -0.465 e. The number of alkyl halides is 1. The number of rotatable bonds is 3. The Bertz CT molecular complexity index is 552. The van der Waals surface area contributed by atoms with Crippen LogP contribution in [-0.2, 0) is 29.5 Å². The molecular weight excluding hydrogens is 357 g/mol. The third kappa shape index (κ3) is 3.74. The second kappa shape index (κ2) is 7.57. The van der Waals surface area contributed by atoms with E-state index in [-0.39, 0.29) is 25.4 Å². The van der Waals surface area contributed by atoms with Crippen molar-refractivity contribution >= 4 is 21.9 Å². The van der Waals surface area contributed by atoms with E-state index in [1.807, 2.05) is 42.5 Å². The number of halogens is 1. The smallest absolute Gasteiger partial charge is 0.465 e. The molecule has 19 heavy (non-hydrogen) atoms. The van der Waals surface area contributed by atoms with Gasteiger partial charge in [0.05, 0.1) is 12.7 Å². The summed E-state index contributed by atoms with van der Waals surface area (Å²) in [7, 11) is 1.40. The summed E-state index contributed by atoms with van der Waals surface area (Å²) in [5.74, 6) is -0.310. The van der Waals surface area contributed by atoms with Gasteiger partial charge in [-0.05, 0) is 22.8 Å². The number of carbonyl (C=O) groups excluding carboxylic acids is 1. The van der Waals surface area contributed by atoms with Crippen LogP contribution in [0.5, 0.6) is 0 Å². The average molecular weight is 371 g/mol. The standard InChI is InChI=1S/C15H13BrO2.Zn/c1-18-15(17)14-5-3-2-4-13(14)12-8-6-11(10-16)7-9-12;/h2-9H,10H2,1H3;/q;+2. The molecule has 0 amide bonds. The van der Waals surface area contributed by atoms with Gasteiger partial charge in [0.15, 0.2) is 0 Å².